The summed E-state index contributed by atoms with van der Waals surface area (Å²) in [5.74, 6) is -1.62. The van der Waals surface area contributed by atoms with E-state index in [4.69, 9.17) is 0 Å². The lowest BCUT2D eigenvalue weighted by Gasteiger charge is -2.50. The summed E-state index contributed by atoms with van der Waals surface area (Å²) in [7, 11) is -4.17. The molecule has 31 heavy (non-hydrogen) atoms. The van der Waals surface area contributed by atoms with E-state index in [2.05, 4.69) is 0 Å². The lowest BCUT2D eigenvalue weighted by atomic mass is 9.78. The molecule has 0 saturated carbocycles. The summed E-state index contributed by atoms with van der Waals surface area (Å²) in [6, 6.07) is 17.8. The zero-order valence-electron chi connectivity index (χ0n) is 16.2. The van der Waals surface area contributed by atoms with Crippen LogP contribution in [0.5, 0.6) is 0 Å². The van der Waals surface area contributed by atoms with Gasteiger partial charge < -0.3 is 5.11 Å². The van der Waals surface area contributed by atoms with E-state index in [0.717, 1.165) is 22.0 Å². The predicted molar refractivity (Wildman–Crippen MR) is 110 cm³/mol. The van der Waals surface area contributed by atoms with Gasteiger partial charge in [-0.15, -0.1) is 0 Å². The Labute approximate surface area is 178 Å². The van der Waals surface area contributed by atoms with Gasteiger partial charge in [0.1, 0.15) is 17.7 Å². The molecule has 0 amide bonds. The molecule has 3 aromatic rings. The number of rotatable bonds is 5. The predicted octanol–water partition coefficient (Wildman–Crippen LogP) is 3.67. The number of nitriles is 1. The first kappa shape index (κ1) is 21.1. The number of halogens is 2. The number of aliphatic hydroxyl groups excluding tert-OH is 1. The van der Waals surface area contributed by atoms with Crippen LogP contribution < -0.4 is 0 Å². The Morgan fingerprint density at radius 1 is 0.935 bits per heavy atom. The number of sulfonamides is 1. The topological polar surface area (TPSA) is 81.4 Å². The molecule has 1 N–H and O–H groups in total. The number of aliphatic hydroxyl groups is 1. The smallest absolute Gasteiger partial charge is 0.244 e. The van der Waals surface area contributed by atoms with E-state index in [9.17, 15) is 27.6 Å². The van der Waals surface area contributed by atoms with Gasteiger partial charge in [0, 0.05) is 5.92 Å². The molecule has 1 saturated heterocycles. The van der Waals surface area contributed by atoms with Crippen LogP contribution in [0.4, 0.5) is 8.78 Å². The monoisotopic (exact) mass is 440 g/mol. The van der Waals surface area contributed by atoms with Gasteiger partial charge in [0.15, 0.2) is 0 Å². The third-order valence-corrected chi connectivity index (χ3v) is 7.40. The summed E-state index contributed by atoms with van der Waals surface area (Å²) in [4.78, 5) is -0.272. The van der Waals surface area contributed by atoms with Crippen molar-refractivity contribution in [1.82, 2.24) is 4.31 Å². The molecular weight excluding hydrogens is 422 g/mol. The summed E-state index contributed by atoms with van der Waals surface area (Å²) in [6.07, 6.45) is 0. The second-order valence-electron chi connectivity index (χ2n) is 7.27. The molecule has 0 radical (unpaired) electrons. The Kier molecular flexibility index (Phi) is 5.58. The van der Waals surface area contributed by atoms with Gasteiger partial charge in [0.2, 0.25) is 10.0 Å². The van der Waals surface area contributed by atoms with E-state index in [-0.39, 0.29) is 10.7 Å². The largest absolute Gasteiger partial charge is 0.395 e. The second-order valence-corrected chi connectivity index (χ2v) is 9.12. The van der Waals surface area contributed by atoms with Crippen LogP contribution in [0.15, 0.2) is 77.7 Å². The highest BCUT2D eigenvalue weighted by atomic mass is 32.2. The van der Waals surface area contributed by atoms with Gasteiger partial charge in [0.25, 0.3) is 0 Å². The van der Waals surface area contributed by atoms with Crippen LogP contribution in [0.3, 0.4) is 0 Å². The quantitative estimate of drug-likeness (QED) is 0.656. The van der Waals surface area contributed by atoms with Crippen molar-refractivity contribution in [1.29, 1.82) is 5.26 Å². The average molecular weight is 440 g/mol. The molecule has 158 valence electrons. The number of benzene rings is 3. The van der Waals surface area contributed by atoms with Gasteiger partial charge in [0.05, 0.1) is 23.6 Å². The number of nitrogens with zero attached hydrogens (tertiary/aromatic N) is 2. The van der Waals surface area contributed by atoms with E-state index in [0.29, 0.717) is 11.1 Å². The highest BCUT2D eigenvalue weighted by molar-refractivity contribution is 7.89. The number of hydrogen-bond acceptors (Lipinski definition) is 4. The lowest BCUT2D eigenvalue weighted by molar-refractivity contribution is 0.0556. The molecule has 1 heterocycles. The van der Waals surface area contributed by atoms with Crippen molar-refractivity contribution in [2.75, 3.05) is 6.61 Å². The van der Waals surface area contributed by atoms with Crippen LogP contribution in [0.25, 0.3) is 11.1 Å². The van der Waals surface area contributed by atoms with Crippen molar-refractivity contribution in [3.8, 4) is 17.2 Å². The lowest BCUT2D eigenvalue weighted by Crippen LogP contribution is -2.65. The van der Waals surface area contributed by atoms with Gasteiger partial charge in [-0.05, 0) is 47.0 Å². The van der Waals surface area contributed by atoms with Crippen molar-refractivity contribution in [3.63, 3.8) is 0 Å². The van der Waals surface area contributed by atoms with Gasteiger partial charge in [-0.25, -0.2) is 17.2 Å². The Morgan fingerprint density at radius 3 is 2.16 bits per heavy atom. The summed E-state index contributed by atoms with van der Waals surface area (Å²) in [5.41, 5.74) is 2.13. The molecule has 3 atom stereocenters. The van der Waals surface area contributed by atoms with Crippen molar-refractivity contribution in [2.45, 2.75) is 22.9 Å². The van der Waals surface area contributed by atoms with Gasteiger partial charge >= 0.3 is 0 Å². The van der Waals surface area contributed by atoms with Crippen molar-refractivity contribution < 1.29 is 22.3 Å². The fraction of sp³-hybridized carbons (Fsp3) is 0.174. The molecule has 1 aliphatic rings. The molecule has 0 spiro atoms. The Hall–Kier alpha value is -3.12. The first-order chi connectivity index (χ1) is 14.9. The minimum Gasteiger partial charge on any atom is -0.395 e. The van der Waals surface area contributed by atoms with E-state index in [1.54, 1.807) is 36.4 Å². The molecular formula is C23H18F2N2O3S. The summed E-state index contributed by atoms with van der Waals surface area (Å²) < 4.78 is 54.0. The van der Waals surface area contributed by atoms with Crippen LogP contribution in [0, 0.1) is 23.0 Å². The minimum atomic E-state index is -4.17. The maximum atomic E-state index is 13.6. The second kappa shape index (κ2) is 8.19. The van der Waals surface area contributed by atoms with E-state index in [1.165, 1.54) is 24.3 Å². The normalized spacial score (nSPS) is 21.3. The maximum absolute atomic E-state index is 13.6. The Balaban J connectivity index is 1.65. The molecule has 4 rings (SSSR count). The summed E-state index contributed by atoms with van der Waals surface area (Å²) in [5, 5.41) is 19.6. The molecule has 0 unspecified atom stereocenters. The first-order valence-electron chi connectivity index (χ1n) is 9.52. The third kappa shape index (κ3) is 3.72. The highest BCUT2D eigenvalue weighted by Crippen LogP contribution is 2.44. The van der Waals surface area contributed by atoms with E-state index >= 15 is 0 Å². The molecule has 8 heteroatoms. The van der Waals surface area contributed by atoms with Crippen LogP contribution in [-0.4, -0.2) is 36.5 Å². The van der Waals surface area contributed by atoms with Crippen LogP contribution in [-0.2, 0) is 10.0 Å². The molecule has 1 fully saturated rings. The van der Waals surface area contributed by atoms with E-state index in [1.807, 2.05) is 6.07 Å². The molecule has 0 bridgehead atoms. The maximum Gasteiger partial charge on any atom is 0.244 e. The zero-order chi connectivity index (χ0) is 22.2. The standard InChI is InChI=1S/C23H18F2N2O3S/c24-18-4-1-3-17(11-18)15-7-9-16(10-8-15)23-21(13-26)27(22(23)14-28)31(29,30)20-6-2-5-19(25)12-20/h1-12,21-23,28H,14H2/t21-,22+,23+/m0/s1. The van der Waals surface area contributed by atoms with Crippen molar-refractivity contribution >= 4 is 10.0 Å². The summed E-state index contributed by atoms with van der Waals surface area (Å²) >= 11 is 0. The Morgan fingerprint density at radius 2 is 1.58 bits per heavy atom. The van der Waals surface area contributed by atoms with Gasteiger partial charge in [-0.1, -0.05) is 42.5 Å². The van der Waals surface area contributed by atoms with Crippen LogP contribution in [0.1, 0.15) is 11.5 Å². The van der Waals surface area contributed by atoms with E-state index < -0.39 is 40.4 Å². The molecule has 3 aromatic carbocycles. The molecule has 0 aliphatic carbocycles. The van der Waals surface area contributed by atoms with Crippen molar-refractivity contribution in [2.24, 2.45) is 0 Å². The van der Waals surface area contributed by atoms with Gasteiger partial charge in [-0.3, -0.25) is 0 Å². The van der Waals surface area contributed by atoms with Crippen LogP contribution >= 0.6 is 0 Å². The minimum absolute atomic E-state index is 0.272. The summed E-state index contributed by atoms with van der Waals surface area (Å²) in [6.45, 7) is -0.497. The fourth-order valence-corrected chi connectivity index (χ4v) is 5.80. The fourth-order valence-electron chi connectivity index (χ4n) is 4.01. The zero-order valence-corrected chi connectivity index (χ0v) is 17.0. The van der Waals surface area contributed by atoms with Crippen LogP contribution in [0.2, 0.25) is 0 Å². The molecule has 5 nitrogen and oxygen atoms in total. The SMILES string of the molecule is N#C[C@H]1[C@@H](c2ccc(-c3cccc(F)c3)cc2)[C@@H](CO)N1S(=O)(=O)c1cccc(F)c1. The first-order valence-corrected chi connectivity index (χ1v) is 11.0. The highest BCUT2D eigenvalue weighted by Gasteiger charge is 2.55. The third-order valence-electron chi connectivity index (χ3n) is 5.50. The molecule has 1 aliphatic heterocycles. The van der Waals surface area contributed by atoms with Crippen molar-refractivity contribution in [3.05, 3.63) is 90.0 Å². The van der Waals surface area contributed by atoms with Gasteiger partial charge in [-0.2, -0.15) is 9.57 Å². The number of hydrogen-bond donors (Lipinski definition) is 1. The average Bonchev–Trinajstić information content (AvgIpc) is 2.74. The molecule has 0 aromatic heterocycles. The Bertz CT molecular complexity index is 1260.